The number of rotatable bonds is 1. The number of alkyl halides is 3. The summed E-state index contributed by atoms with van der Waals surface area (Å²) in [4.78, 5) is 16.3. The molecule has 104 valence electrons. The van der Waals surface area contributed by atoms with Crippen molar-refractivity contribution in [2.75, 3.05) is 0 Å². The van der Waals surface area contributed by atoms with Crippen molar-refractivity contribution in [1.82, 2.24) is 5.32 Å². The van der Waals surface area contributed by atoms with E-state index in [0.717, 1.165) is 0 Å². The van der Waals surface area contributed by atoms with E-state index in [1.54, 1.807) is 24.3 Å². The average Bonchev–Trinajstić information content (AvgIpc) is 2.26. The van der Waals surface area contributed by atoms with Crippen molar-refractivity contribution < 1.29 is 4.79 Å². The van der Waals surface area contributed by atoms with Gasteiger partial charge in [0.25, 0.3) is 5.91 Å². The molecule has 0 unspecified atom stereocenters. The molecule has 0 saturated heterocycles. The Morgan fingerprint density at radius 3 is 2.05 bits per heavy atom. The van der Waals surface area contributed by atoms with Crippen LogP contribution in [0, 0.1) is 0 Å². The van der Waals surface area contributed by atoms with Crippen molar-refractivity contribution in [3.63, 3.8) is 0 Å². The summed E-state index contributed by atoms with van der Waals surface area (Å²) < 4.78 is -1.78. The molecular formula is C13H15Cl3N2O. The molecule has 0 aliphatic heterocycles. The number of nitrogens with zero attached hydrogens (tertiary/aromatic N) is 1. The summed E-state index contributed by atoms with van der Waals surface area (Å²) in [6.45, 7) is 5.54. The van der Waals surface area contributed by atoms with E-state index in [1.165, 1.54) is 0 Å². The second kappa shape index (κ2) is 6.12. The largest absolute Gasteiger partial charge is 0.307 e. The van der Waals surface area contributed by atoms with Gasteiger partial charge in [-0.3, -0.25) is 9.79 Å². The van der Waals surface area contributed by atoms with Crippen LogP contribution in [-0.4, -0.2) is 21.1 Å². The minimum atomic E-state index is -1.78. The number of benzene rings is 1. The molecular weight excluding hydrogens is 307 g/mol. The molecule has 3 nitrogen and oxygen atoms in total. The molecule has 0 atom stereocenters. The van der Waals surface area contributed by atoms with Crippen molar-refractivity contribution >= 4 is 46.5 Å². The predicted octanol–water partition coefficient (Wildman–Crippen LogP) is 3.98. The van der Waals surface area contributed by atoms with Crippen LogP contribution in [0.3, 0.4) is 0 Å². The molecule has 0 radical (unpaired) electrons. The van der Waals surface area contributed by atoms with Gasteiger partial charge in [-0.15, -0.1) is 0 Å². The number of amidine groups is 1. The van der Waals surface area contributed by atoms with E-state index in [4.69, 9.17) is 34.8 Å². The fraction of sp³-hybridized carbons (Fsp3) is 0.385. The third-order valence-electron chi connectivity index (χ3n) is 1.98. The molecule has 1 N–H and O–H groups in total. The van der Waals surface area contributed by atoms with Crippen molar-refractivity contribution in [3.8, 4) is 0 Å². The highest BCUT2D eigenvalue weighted by Crippen LogP contribution is 2.28. The van der Waals surface area contributed by atoms with Gasteiger partial charge in [0, 0.05) is 5.56 Å². The third kappa shape index (κ3) is 5.81. The van der Waals surface area contributed by atoms with E-state index >= 15 is 0 Å². The molecule has 19 heavy (non-hydrogen) atoms. The Bertz CT molecular complexity index is 473. The van der Waals surface area contributed by atoms with E-state index < -0.39 is 9.33 Å². The molecule has 1 aromatic carbocycles. The maximum atomic E-state index is 12.0. The number of amides is 1. The molecule has 0 heterocycles. The first-order valence-corrected chi connectivity index (χ1v) is 6.76. The summed E-state index contributed by atoms with van der Waals surface area (Å²) >= 11 is 17.5. The summed E-state index contributed by atoms with van der Waals surface area (Å²) in [5, 5.41) is 2.55. The molecule has 0 saturated carbocycles. The van der Waals surface area contributed by atoms with E-state index in [2.05, 4.69) is 10.3 Å². The Hall–Kier alpha value is -0.770. The predicted molar refractivity (Wildman–Crippen MR) is 81.4 cm³/mol. The molecule has 0 spiro atoms. The van der Waals surface area contributed by atoms with Crippen LogP contribution >= 0.6 is 34.8 Å². The summed E-state index contributed by atoms with van der Waals surface area (Å²) in [5.41, 5.74) is 0.00168. The van der Waals surface area contributed by atoms with Crippen LogP contribution in [0.25, 0.3) is 0 Å². The topological polar surface area (TPSA) is 41.5 Å². The first-order valence-electron chi connectivity index (χ1n) is 5.63. The normalized spacial score (nSPS) is 13.3. The highest BCUT2D eigenvalue weighted by Gasteiger charge is 2.31. The maximum absolute atomic E-state index is 12.0. The van der Waals surface area contributed by atoms with Crippen LogP contribution in [0.5, 0.6) is 0 Å². The van der Waals surface area contributed by atoms with Crippen LogP contribution < -0.4 is 5.32 Å². The van der Waals surface area contributed by atoms with Crippen LogP contribution in [0.15, 0.2) is 35.3 Å². The zero-order valence-electron chi connectivity index (χ0n) is 10.9. The monoisotopic (exact) mass is 320 g/mol. The summed E-state index contributed by atoms with van der Waals surface area (Å²) in [6, 6.07) is 8.66. The lowest BCUT2D eigenvalue weighted by molar-refractivity contribution is 0.0976. The van der Waals surface area contributed by atoms with Gasteiger partial charge in [-0.1, -0.05) is 53.0 Å². The molecule has 6 heteroatoms. The molecule has 0 bridgehead atoms. The quantitative estimate of drug-likeness (QED) is 0.474. The van der Waals surface area contributed by atoms with Crippen molar-refractivity contribution in [3.05, 3.63) is 35.9 Å². The zero-order chi connectivity index (χ0) is 14.7. The first-order chi connectivity index (χ1) is 8.59. The van der Waals surface area contributed by atoms with Crippen LogP contribution in [-0.2, 0) is 0 Å². The molecule has 0 aliphatic carbocycles. The van der Waals surface area contributed by atoms with Gasteiger partial charge in [0.1, 0.15) is 0 Å². The molecule has 1 rings (SSSR count). The van der Waals surface area contributed by atoms with Gasteiger partial charge in [-0.25, -0.2) is 0 Å². The molecule has 0 aliphatic rings. The van der Waals surface area contributed by atoms with Crippen molar-refractivity contribution in [2.45, 2.75) is 30.1 Å². The second-order valence-electron chi connectivity index (χ2n) is 4.95. The third-order valence-corrected chi connectivity index (χ3v) is 2.52. The van der Waals surface area contributed by atoms with E-state index in [1.807, 2.05) is 26.8 Å². The van der Waals surface area contributed by atoms with Crippen LogP contribution in [0.1, 0.15) is 31.1 Å². The van der Waals surface area contributed by atoms with Gasteiger partial charge in [-0.05, 0) is 32.9 Å². The lowest BCUT2D eigenvalue weighted by Crippen LogP contribution is -2.41. The van der Waals surface area contributed by atoms with E-state index in [0.29, 0.717) is 5.56 Å². The number of nitrogens with one attached hydrogen (secondary N) is 1. The second-order valence-corrected chi connectivity index (χ2v) is 7.23. The average molecular weight is 322 g/mol. The Balaban J connectivity index is 2.98. The van der Waals surface area contributed by atoms with Crippen molar-refractivity contribution in [1.29, 1.82) is 0 Å². The number of carbonyl (C=O) groups is 1. The SMILES string of the molecule is CC(C)(C)N=C(NC(=O)c1ccccc1)C(Cl)(Cl)Cl. The van der Waals surface area contributed by atoms with Gasteiger partial charge in [-0.2, -0.15) is 0 Å². The Labute approximate surface area is 128 Å². The van der Waals surface area contributed by atoms with Gasteiger partial charge >= 0.3 is 0 Å². The van der Waals surface area contributed by atoms with Gasteiger partial charge in [0.05, 0.1) is 5.54 Å². The molecule has 0 fully saturated rings. The number of hydrogen-bond acceptors (Lipinski definition) is 2. The fourth-order valence-corrected chi connectivity index (χ4v) is 1.54. The van der Waals surface area contributed by atoms with Crippen molar-refractivity contribution in [2.24, 2.45) is 4.99 Å². The van der Waals surface area contributed by atoms with Gasteiger partial charge in [0.15, 0.2) is 5.84 Å². The smallest absolute Gasteiger partial charge is 0.256 e. The highest BCUT2D eigenvalue weighted by molar-refractivity contribution is 6.77. The highest BCUT2D eigenvalue weighted by atomic mass is 35.6. The lowest BCUT2D eigenvalue weighted by Gasteiger charge is -2.21. The van der Waals surface area contributed by atoms with Crippen LogP contribution in [0.2, 0.25) is 0 Å². The summed E-state index contributed by atoms with van der Waals surface area (Å²) in [5.74, 6) is -0.353. The zero-order valence-corrected chi connectivity index (χ0v) is 13.1. The fourth-order valence-electron chi connectivity index (χ4n) is 1.27. The Morgan fingerprint density at radius 2 is 1.63 bits per heavy atom. The van der Waals surface area contributed by atoms with Crippen LogP contribution in [0.4, 0.5) is 0 Å². The summed E-state index contributed by atoms with van der Waals surface area (Å²) in [6.07, 6.45) is 0. The first kappa shape index (κ1) is 16.3. The summed E-state index contributed by atoms with van der Waals surface area (Å²) in [7, 11) is 0. The lowest BCUT2D eigenvalue weighted by atomic mass is 10.1. The van der Waals surface area contributed by atoms with Gasteiger partial charge < -0.3 is 5.32 Å². The van der Waals surface area contributed by atoms with E-state index in [-0.39, 0.29) is 11.7 Å². The van der Waals surface area contributed by atoms with E-state index in [9.17, 15) is 4.79 Å². The number of hydrogen-bond donors (Lipinski definition) is 1. The number of carbonyl (C=O) groups excluding carboxylic acids is 1. The molecule has 1 amide bonds. The minimum Gasteiger partial charge on any atom is -0.307 e. The minimum absolute atomic E-state index is 0.0128. The Morgan fingerprint density at radius 1 is 1.11 bits per heavy atom. The number of aliphatic imine (C=N–C) groups is 1. The Kier molecular flexibility index (Phi) is 5.25. The number of halogens is 3. The molecule has 0 aromatic heterocycles. The molecule has 1 aromatic rings. The van der Waals surface area contributed by atoms with Gasteiger partial charge in [0.2, 0.25) is 3.79 Å². The standard InChI is InChI=1S/C13H15Cl3N2O/c1-12(2,3)18-11(13(14,15)16)17-10(19)9-7-5-4-6-8-9/h4-8H,1-3H3,(H,17,18,19). The maximum Gasteiger partial charge on any atom is 0.256 e.